The van der Waals surface area contributed by atoms with Crippen LogP contribution in [-0.4, -0.2) is 36.9 Å². The lowest BCUT2D eigenvalue weighted by atomic mass is 9.97. The Morgan fingerprint density at radius 2 is 2.19 bits per heavy atom. The van der Waals surface area contributed by atoms with Crippen LogP contribution in [0.4, 0.5) is 0 Å². The van der Waals surface area contributed by atoms with Gasteiger partial charge in [0.05, 0.1) is 11.3 Å². The van der Waals surface area contributed by atoms with Crippen molar-refractivity contribution < 1.29 is 18.3 Å². The predicted octanol–water partition coefficient (Wildman–Crippen LogP) is 2.34. The molecule has 1 aromatic rings. The number of aromatic carboxylic acids is 1. The molecule has 2 rings (SSSR count). The molecule has 1 unspecified atom stereocenters. The van der Waals surface area contributed by atoms with Gasteiger partial charge in [-0.25, -0.2) is 17.5 Å². The Hall–Kier alpha value is -1.40. The highest BCUT2D eigenvalue weighted by atomic mass is 32.2. The normalized spacial score (nSPS) is 20.3. The largest absolute Gasteiger partial charge is 0.478 e. The van der Waals surface area contributed by atoms with E-state index in [4.69, 9.17) is 5.11 Å². The lowest BCUT2D eigenvalue weighted by molar-refractivity contribution is 0.0696. The molecular weight excluding hydrogens is 290 g/mol. The van der Waals surface area contributed by atoms with Crippen molar-refractivity contribution in [2.45, 2.75) is 31.9 Å². The fourth-order valence-corrected chi connectivity index (χ4v) is 4.34. The van der Waals surface area contributed by atoms with Crippen LogP contribution >= 0.6 is 0 Å². The second-order valence-electron chi connectivity index (χ2n) is 5.54. The Labute approximate surface area is 125 Å². The first-order valence-electron chi connectivity index (χ1n) is 7.22. The van der Waals surface area contributed by atoms with Gasteiger partial charge in [-0.05, 0) is 36.5 Å². The molecule has 1 heterocycles. The van der Waals surface area contributed by atoms with Crippen LogP contribution in [-0.2, 0) is 15.8 Å². The van der Waals surface area contributed by atoms with Crippen molar-refractivity contribution in [3.05, 3.63) is 35.4 Å². The number of rotatable bonds is 5. The predicted molar refractivity (Wildman–Crippen MR) is 80.6 cm³/mol. The maximum atomic E-state index is 12.5. The Morgan fingerprint density at radius 1 is 1.43 bits per heavy atom. The molecule has 1 aromatic carbocycles. The summed E-state index contributed by atoms with van der Waals surface area (Å²) < 4.78 is 26.5. The van der Waals surface area contributed by atoms with Gasteiger partial charge in [0.2, 0.25) is 10.0 Å². The average molecular weight is 311 g/mol. The van der Waals surface area contributed by atoms with E-state index in [0.717, 1.165) is 19.3 Å². The Morgan fingerprint density at radius 3 is 2.86 bits per heavy atom. The third-order valence-corrected chi connectivity index (χ3v) is 5.79. The van der Waals surface area contributed by atoms with E-state index in [1.807, 2.05) is 0 Å². The van der Waals surface area contributed by atoms with Gasteiger partial charge >= 0.3 is 5.97 Å². The van der Waals surface area contributed by atoms with Crippen LogP contribution in [0.25, 0.3) is 0 Å². The van der Waals surface area contributed by atoms with Gasteiger partial charge in [0.25, 0.3) is 0 Å². The summed E-state index contributed by atoms with van der Waals surface area (Å²) in [5.74, 6) is -0.748. The van der Waals surface area contributed by atoms with Crippen molar-refractivity contribution >= 4 is 16.0 Å². The summed E-state index contributed by atoms with van der Waals surface area (Å²) in [6.45, 7) is 3.23. The molecule has 0 amide bonds. The third kappa shape index (κ3) is 4.04. The number of benzene rings is 1. The number of hydrogen-bond acceptors (Lipinski definition) is 3. The minimum atomic E-state index is -3.38. The van der Waals surface area contributed by atoms with Crippen molar-refractivity contribution in [2.75, 3.05) is 13.1 Å². The fourth-order valence-electron chi connectivity index (χ4n) is 2.71. The molecule has 6 heteroatoms. The number of sulfonamides is 1. The summed E-state index contributed by atoms with van der Waals surface area (Å²) in [5.41, 5.74) is 0.640. The average Bonchev–Trinajstić information content (AvgIpc) is 2.47. The molecular formula is C15H21NO4S. The van der Waals surface area contributed by atoms with Gasteiger partial charge in [-0.3, -0.25) is 0 Å². The van der Waals surface area contributed by atoms with Gasteiger partial charge in [-0.1, -0.05) is 25.5 Å². The summed E-state index contributed by atoms with van der Waals surface area (Å²) in [4.78, 5) is 10.9. The van der Waals surface area contributed by atoms with E-state index < -0.39 is 16.0 Å². The molecule has 1 aliphatic heterocycles. The topological polar surface area (TPSA) is 74.7 Å². The van der Waals surface area contributed by atoms with E-state index >= 15 is 0 Å². The Bertz CT molecular complexity index is 612. The number of piperidine rings is 1. The molecule has 5 nitrogen and oxygen atoms in total. The van der Waals surface area contributed by atoms with Crippen molar-refractivity contribution in [3.63, 3.8) is 0 Å². The van der Waals surface area contributed by atoms with Gasteiger partial charge in [-0.2, -0.15) is 0 Å². The molecule has 0 spiro atoms. The lowest BCUT2D eigenvalue weighted by Crippen LogP contribution is -2.40. The van der Waals surface area contributed by atoms with E-state index in [2.05, 4.69) is 6.92 Å². The van der Waals surface area contributed by atoms with Crippen LogP contribution in [0.15, 0.2) is 24.3 Å². The molecule has 0 aliphatic carbocycles. The van der Waals surface area contributed by atoms with E-state index in [0.29, 0.717) is 24.6 Å². The number of hydrogen-bond donors (Lipinski definition) is 1. The number of carbonyl (C=O) groups is 1. The van der Waals surface area contributed by atoms with E-state index in [1.165, 1.54) is 12.1 Å². The first-order valence-corrected chi connectivity index (χ1v) is 8.83. The minimum absolute atomic E-state index is 0.118. The zero-order chi connectivity index (χ0) is 15.5. The highest BCUT2D eigenvalue weighted by Crippen LogP contribution is 2.23. The molecule has 1 fully saturated rings. The molecule has 1 atom stereocenters. The highest BCUT2D eigenvalue weighted by molar-refractivity contribution is 7.88. The monoisotopic (exact) mass is 311 g/mol. The molecule has 116 valence electrons. The van der Waals surface area contributed by atoms with Crippen molar-refractivity contribution in [3.8, 4) is 0 Å². The van der Waals surface area contributed by atoms with Crippen molar-refractivity contribution in [2.24, 2.45) is 5.92 Å². The number of nitrogens with zero attached hydrogens (tertiary/aromatic N) is 1. The van der Waals surface area contributed by atoms with E-state index in [1.54, 1.807) is 16.4 Å². The van der Waals surface area contributed by atoms with Crippen LogP contribution < -0.4 is 0 Å². The summed E-state index contributed by atoms with van der Waals surface area (Å²) in [5, 5.41) is 8.96. The number of carboxylic acid groups (broad SMARTS) is 1. The fraction of sp³-hybridized carbons (Fsp3) is 0.533. The number of carboxylic acids is 1. The Kier molecular flexibility index (Phi) is 5.00. The summed E-state index contributed by atoms with van der Waals surface area (Å²) in [6, 6.07) is 6.14. The third-order valence-electron chi connectivity index (χ3n) is 3.98. The second kappa shape index (κ2) is 6.58. The molecule has 0 saturated carbocycles. The highest BCUT2D eigenvalue weighted by Gasteiger charge is 2.28. The van der Waals surface area contributed by atoms with Gasteiger partial charge in [-0.15, -0.1) is 0 Å². The Balaban J connectivity index is 2.13. The minimum Gasteiger partial charge on any atom is -0.478 e. The molecule has 21 heavy (non-hydrogen) atoms. The zero-order valence-electron chi connectivity index (χ0n) is 12.2. The van der Waals surface area contributed by atoms with Gasteiger partial charge in [0.15, 0.2) is 0 Å². The summed E-state index contributed by atoms with van der Waals surface area (Å²) >= 11 is 0. The van der Waals surface area contributed by atoms with E-state index in [-0.39, 0.29) is 11.3 Å². The standard InChI is InChI=1S/C15H21NO4S/c1-2-12-6-4-8-16(10-12)21(19,20)11-13-5-3-7-14(9-13)15(17)18/h3,5,7,9,12H,2,4,6,8,10-11H2,1H3,(H,17,18). The molecule has 1 N–H and O–H groups in total. The first kappa shape index (κ1) is 16.0. The lowest BCUT2D eigenvalue weighted by Gasteiger charge is -2.31. The van der Waals surface area contributed by atoms with Crippen LogP contribution in [0.5, 0.6) is 0 Å². The van der Waals surface area contributed by atoms with Crippen molar-refractivity contribution in [1.29, 1.82) is 0 Å². The second-order valence-corrected chi connectivity index (χ2v) is 7.51. The summed E-state index contributed by atoms with van der Waals surface area (Å²) in [6.07, 6.45) is 2.96. The van der Waals surface area contributed by atoms with Gasteiger partial charge in [0.1, 0.15) is 0 Å². The quantitative estimate of drug-likeness (QED) is 0.905. The van der Waals surface area contributed by atoms with Crippen LogP contribution in [0.3, 0.4) is 0 Å². The van der Waals surface area contributed by atoms with Crippen molar-refractivity contribution in [1.82, 2.24) is 4.31 Å². The molecule has 1 aliphatic rings. The SMILES string of the molecule is CCC1CCCN(S(=O)(=O)Cc2cccc(C(=O)O)c2)C1. The maximum Gasteiger partial charge on any atom is 0.335 e. The first-order chi connectivity index (χ1) is 9.92. The summed E-state index contributed by atoms with van der Waals surface area (Å²) in [7, 11) is -3.38. The molecule has 0 radical (unpaired) electrons. The van der Waals surface area contributed by atoms with Crippen LogP contribution in [0, 0.1) is 5.92 Å². The van der Waals surface area contributed by atoms with Gasteiger partial charge < -0.3 is 5.11 Å². The smallest absolute Gasteiger partial charge is 0.335 e. The van der Waals surface area contributed by atoms with Crippen LogP contribution in [0.2, 0.25) is 0 Å². The zero-order valence-corrected chi connectivity index (χ0v) is 13.0. The molecule has 0 bridgehead atoms. The maximum absolute atomic E-state index is 12.5. The van der Waals surface area contributed by atoms with Gasteiger partial charge in [0, 0.05) is 13.1 Å². The van der Waals surface area contributed by atoms with E-state index in [9.17, 15) is 13.2 Å². The molecule has 1 saturated heterocycles. The van der Waals surface area contributed by atoms with Crippen LogP contribution in [0.1, 0.15) is 42.1 Å². The molecule has 0 aromatic heterocycles.